The quantitative estimate of drug-likeness (QED) is 0.530. The number of ether oxygens (including phenoxy) is 3. The van der Waals surface area contributed by atoms with Gasteiger partial charge >= 0.3 is 12.1 Å². The average molecular weight is 487 g/mol. The molecule has 0 unspecified atom stereocenters. The Labute approximate surface area is 206 Å². The van der Waals surface area contributed by atoms with Gasteiger partial charge in [-0.3, -0.25) is 4.90 Å². The lowest BCUT2D eigenvalue weighted by molar-refractivity contribution is -0.154. The van der Waals surface area contributed by atoms with Crippen molar-refractivity contribution in [2.45, 2.75) is 63.8 Å². The molecule has 0 saturated carbocycles. The van der Waals surface area contributed by atoms with Crippen molar-refractivity contribution in [1.82, 2.24) is 10.2 Å². The predicted molar refractivity (Wildman–Crippen MR) is 131 cm³/mol. The van der Waals surface area contributed by atoms with Gasteiger partial charge in [0.15, 0.2) is 0 Å². The first-order chi connectivity index (χ1) is 16.6. The minimum Gasteiger partial charge on any atom is -0.489 e. The summed E-state index contributed by atoms with van der Waals surface area (Å²) >= 11 is 0. The van der Waals surface area contributed by atoms with Crippen molar-refractivity contribution in [3.63, 3.8) is 0 Å². The number of esters is 1. The summed E-state index contributed by atoms with van der Waals surface area (Å²) in [5.41, 5.74) is -0.537. The number of amides is 1. The summed E-state index contributed by atoms with van der Waals surface area (Å²) in [6.07, 6.45) is 0.876. The number of rotatable bonds is 8. The second-order valence-electron chi connectivity index (χ2n) is 9.73. The molecule has 1 aliphatic heterocycles. The van der Waals surface area contributed by atoms with Gasteiger partial charge in [0.25, 0.3) is 0 Å². The van der Waals surface area contributed by atoms with Gasteiger partial charge in [-0.25, -0.2) is 14.0 Å². The van der Waals surface area contributed by atoms with Crippen LogP contribution in [-0.2, 0) is 20.9 Å². The van der Waals surface area contributed by atoms with Crippen LogP contribution >= 0.6 is 0 Å². The van der Waals surface area contributed by atoms with Crippen LogP contribution in [0, 0.1) is 5.82 Å². The number of nitrogens with zero attached hydrogens (tertiary/aromatic N) is 1. The third-order valence-electron chi connectivity index (χ3n) is 6.17. The molecule has 0 radical (unpaired) electrons. The fraction of sp³-hybridized carbons (Fsp3) is 0.481. The summed E-state index contributed by atoms with van der Waals surface area (Å²) in [5, 5.41) is 3.07. The first-order valence-corrected chi connectivity index (χ1v) is 11.8. The maximum atomic E-state index is 13.9. The smallest absolute Gasteiger partial charge is 0.411 e. The van der Waals surface area contributed by atoms with E-state index in [0.29, 0.717) is 37.1 Å². The summed E-state index contributed by atoms with van der Waals surface area (Å²) in [7, 11) is 3.14. The summed E-state index contributed by atoms with van der Waals surface area (Å²) in [6, 6.07) is 13.4. The minimum absolute atomic E-state index is 0.106. The van der Waals surface area contributed by atoms with Gasteiger partial charge in [0.05, 0.1) is 13.2 Å². The van der Waals surface area contributed by atoms with Gasteiger partial charge in [-0.05, 0) is 77.4 Å². The molecular formula is C27H35FN2O5. The van der Waals surface area contributed by atoms with Crippen LogP contribution in [0.2, 0.25) is 0 Å². The molecule has 0 aliphatic carbocycles. The molecule has 0 aromatic heterocycles. The highest BCUT2D eigenvalue weighted by molar-refractivity contribution is 5.87. The van der Waals surface area contributed by atoms with Gasteiger partial charge in [-0.2, -0.15) is 0 Å². The second kappa shape index (κ2) is 11.1. The van der Waals surface area contributed by atoms with Crippen LogP contribution in [0.1, 0.15) is 57.2 Å². The number of halogens is 1. The zero-order chi connectivity index (χ0) is 25.6. The largest absolute Gasteiger partial charge is 0.489 e. The maximum absolute atomic E-state index is 13.9. The highest BCUT2D eigenvalue weighted by atomic mass is 19.1. The van der Waals surface area contributed by atoms with Crippen LogP contribution in [-0.4, -0.2) is 48.8 Å². The van der Waals surface area contributed by atoms with Crippen molar-refractivity contribution in [1.29, 1.82) is 0 Å². The van der Waals surface area contributed by atoms with Crippen LogP contribution in [0.4, 0.5) is 9.18 Å². The number of carbonyl (C=O) groups excluding carboxylic acids is 2. The van der Waals surface area contributed by atoms with E-state index in [2.05, 4.69) is 5.32 Å². The van der Waals surface area contributed by atoms with E-state index in [0.717, 1.165) is 5.56 Å². The Hall–Kier alpha value is -3.13. The number of nitrogens with one attached hydrogen (secondary N) is 1. The lowest BCUT2D eigenvalue weighted by atomic mass is 9.92. The Bertz CT molecular complexity index is 1020. The van der Waals surface area contributed by atoms with E-state index in [1.54, 1.807) is 63.1 Å². The molecule has 1 saturated heterocycles. The van der Waals surface area contributed by atoms with Crippen LogP contribution in [0.15, 0.2) is 48.5 Å². The van der Waals surface area contributed by atoms with Gasteiger partial charge in [0, 0.05) is 5.56 Å². The monoisotopic (exact) mass is 486 g/mol. The first-order valence-electron chi connectivity index (χ1n) is 11.8. The summed E-state index contributed by atoms with van der Waals surface area (Å²) in [6.45, 7) is 6.03. The molecule has 8 heteroatoms. The molecule has 0 spiro atoms. The Morgan fingerprint density at radius 3 is 2.43 bits per heavy atom. The predicted octanol–water partition coefficient (Wildman–Crippen LogP) is 5.00. The van der Waals surface area contributed by atoms with Crippen molar-refractivity contribution in [2.75, 3.05) is 20.7 Å². The van der Waals surface area contributed by atoms with Gasteiger partial charge in [0.1, 0.15) is 29.3 Å². The molecule has 7 nitrogen and oxygen atoms in total. The Balaban J connectivity index is 1.87. The van der Waals surface area contributed by atoms with E-state index >= 15 is 0 Å². The first kappa shape index (κ1) is 26.5. The van der Waals surface area contributed by atoms with E-state index in [9.17, 15) is 14.0 Å². The summed E-state index contributed by atoms with van der Waals surface area (Å²) in [5.74, 6) is -0.192. The molecule has 1 aliphatic rings. The third-order valence-corrected chi connectivity index (χ3v) is 6.17. The van der Waals surface area contributed by atoms with Crippen molar-refractivity contribution < 1.29 is 28.2 Å². The maximum Gasteiger partial charge on any atom is 0.411 e. The van der Waals surface area contributed by atoms with Gasteiger partial charge in [-0.1, -0.05) is 30.3 Å². The van der Waals surface area contributed by atoms with Gasteiger partial charge in [0.2, 0.25) is 0 Å². The molecule has 35 heavy (non-hydrogen) atoms. The average Bonchev–Trinajstić information content (AvgIpc) is 3.21. The third kappa shape index (κ3) is 6.11. The van der Waals surface area contributed by atoms with E-state index in [4.69, 9.17) is 14.2 Å². The topological polar surface area (TPSA) is 77.1 Å². The minimum atomic E-state index is -1.13. The number of hydrogen-bond acceptors (Lipinski definition) is 6. The molecule has 1 fully saturated rings. The SMILES string of the molecule is CNCC[C@@]1(C(=O)OC)CC[C@H](c2ccc(OCc3ccccc3F)cc2)N1C(=O)OC(C)(C)C. The van der Waals surface area contributed by atoms with E-state index < -0.39 is 23.2 Å². The van der Waals surface area contributed by atoms with Crippen molar-refractivity contribution in [2.24, 2.45) is 0 Å². The second-order valence-corrected chi connectivity index (χ2v) is 9.73. The van der Waals surface area contributed by atoms with E-state index in [1.165, 1.54) is 13.2 Å². The molecule has 1 amide bonds. The molecule has 190 valence electrons. The summed E-state index contributed by atoms with van der Waals surface area (Å²) < 4.78 is 30.5. The number of hydrogen-bond donors (Lipinski definition) is 1. The molecule has 2 aromatic carbocycles. The number of benzene rings is 2. The standard InChI is InChI=1S/C27H35FN2O5/c1-26(2,3)35-25(32)30-23(14-15-27(30,16-17-29-4)24(31)33-5)19-10-12-21(13-11-19)34-18-20-8-6-7-9-22(20)28/h6-13,23,29H,14-18H2,1-5H3/t23-,27-/m1/s1. The highest BCUT2D eigenvalue weighted by Gasteiger charge is 2.56. The number of carbonyl (C=O) groups is 2. The molecule has 0 bridgehead atoms. The Morgan fingerprint density at radius 2 is 1.83 bits per heavy atom. The molecule has 2 atom stereocenters. The fourth-order valence-electron chi connectivity index (χ4n) is 4.48. The lowest BCUT2D eigenvalue weighted by Crippen LogP contribution is -2.56. The number of methoxy groups -OCH3 is 1. The van der Waals surface area contributed by atoms with E-state index in [-0.39, 0.29) is 18.5 Å². The Morgan fingerprint density at radius 1 is 1.14 bits per heavy atom. The van der Waals surface area contributed by atoms with Gasteiger partial charge in [-0.15, -0.1) is 0 Å². The highest BCUT2D eigenvalue weighted by Crippen LogP contribution is 2.46. The summed E-state index contributed by atoms with van der Waals surface area (Å²) in [4.78, 5) is 28.0. The van der Waals surface area contributed by atoms with Crippen molar-refractivity contribution in [3.8, 4) is 5.75 Å². The van der Waals surface area contributed by atoms with Crippen LogP contribution in [0.3, 0.4) is 0 Å². The van der Waals surface area contributed by atoms with Crippen LogP contribution < -0.4 is 10.1 Å². The van der Waals surface area contributed by atoms with Crippen LogP contribution in [0.25, 0.3) is 0 Å². The van der Waals surface area contributed by atoms with Crippen molar-refractivity contribution >= 4 is 12.1 Å². The molecule has 2 aromatic rings. The fourth-order valence-corrected chi connectivity index (χ4v) is 4.48. The molecule has 3 rings (SSSR count). The van der Waals surface area contributed by atoms with Crippen LogP contribution in [0.5, 0.6) is 5.75 Å². The molecule has 1 N–H and O–H groups in total. The lowest BCUT2D eigenvalue weighted by Gasteiger charge is -2.39. The Kier molecular flexibility index (Phi) is 8.38. The zero-order valence-corrected chi connectivity index (χ0v) is 21.1. The van der Waals surface area contributed by atoms with Crippen molar-refractivity contribution in [3.05, 3.63) is 65.5 Å². The van der Waals surface area contributed by atoms with E-state index in [1.807, 2.05) is 12.1 Å². The zero-order valence-electron chi connectivity index (χ0n) is 21.1. The molecule has 1 heterocycles. The normalized spacial score (nSPS) is 19.9. The molecular weight excluding hydrogens is 451 g/mol. The van der Waals surface area contributed by atoms with Gasteiger partial charge < -0.3 is 19.5 Å². The number of likely N-dealkylation sites (tertiary alicyclic amines) is 1.